The average molecular weight is 280 g/mol. The van der Waals surface area contributed by atoms with Crippen LogP contribution in [0.1, 0.15) is 26.7 Å². The zero-order valence-electron chi connectivity index (χ0n) is 11.8. The van der Waals surface area contributed by atoms with Crippen molar-refractivity contribution in [3.05, 3.63) is 28.3 Å². The van der Waals surface area contributed by atoms with Crippen LogP contribution >= 0.6 is 0 Å². The molecule has 1 saturated heterocycles. The van der Waals surface area contributed by atoms with Gasteiger partial charge in [-0.3, -0.25) is 10.1 Å². The van der Waals surface area contributed by atoms with E-state index in [0.717, 1.165) is 0 Å². The van der Waals surface area contributed by atoms with Crippen LogP contribution < -0.4 is 9.64 Å². The van der Waals surface area contributed by atoms with Crippen molar-refractivity contribution in [3.63, 3.8) is 0 Å². The number of rotatable bonds is 4. The Bertz CT molecular complexity index is 492. The predicted molar refractivity (Wildman–Crippen MR) is 76.3 cm³/mol. The molecule has 1 aromatic carbocycles. The third-order valence-corrected chi connectivity index (χ3v) is 3.64. The summed E-state index contributed by atoms with van der Waals surface area (Å²) in [6, 6.07) is 5.12. The summed E-state index contributed by atoms with van der Waals surface area (Å²) in [5.41, 5.74) is -0.102. The van der Waals surface area contributed by atoms with Crippen molar-refractivity contribution in [2.75, 3.05) is 24.6 Å². The Morgan fingerprint density at radius 3 is 2.65 bits per heavy atom. The van der Waals surface area contributed by atoms with Crippen molar-refractivity contribution in [1.82, 2.24) is 0 Å². The monoisotopic (exact) mass is 280 g/mol. The molecule has 1 aliphatic rings. The third kappa shape index (κ3) is 3.01. The van der Waals surface area contributed by atoms with Crippen molar-refractivity contribution in [2.24, 2.45) is 0 Å². The van der Waals surface area contributed by atoms with Crippen LogP contribution in [0.4, 0.5) is 11.4 Å². The SMILES string of the molecule is CCOc1cccc(N2CCC(C)(O)CC2)c1[N+](=O)[O-]. The highest BCUT2D eigenvalue weighted by Crippen LogP contribution is 2.39. The van der Waals surface area contributed by atoms with Gasteiger partial charge in [0.05, 0.1) is 17.1 Å². The first-order valence-corrected chi connectivity index (χ1v) is 6.82. The van der Waals surface area contributed by atoms with Crippen LogP contribution in [0, 0.1) is 10.1 Å². The van der Waals surface area contributed by atoms with Gasteiger partial charge in [0.25, 0.3) is 0 Å². The lowest BCUT2D eigenvalue weighted by Crippen LogP contribution is -2.42. The maximum atomic E-state index is 11.3. The molecule has 0 saturated carbocycles. The van der Waals surface area contributed by atoms with E-state index in [0.29, 0.717) is 44.0 Å². The molecule has 20 heavy (non-hydrogen) atoms. The van der Waals surface area contributed by atoms with Crippen molar-refractivity contribution >= 4 is 11.4 Å². The number of nitrogens with zero attached hydrogens (tertiary/aromatic N) is 2. The van der Waals surface area contributed by atoms with Gasteiger partial charge in [-0.15, -0.1) is 0 Å². The van der Waals surface area contributed by atoms with Crippen LogP contribution in [0.25, 0.3) is 0 Å². The molecule has 1 N–H and O–H groups in total. The van der Waals surface area contributed by atoms with Gasteiger partial charge in [-0.05, 0) is 38.8 Å². The van der Waals surface area contributed by atoms with Gasteiger partial charge in [0.15, 0.2) is 5.75 Å². The van der Waals surface area contributed by atoms with Gasteiger partial charge in [-0.1, -0.05) is 6.07 Å². The van der Waals surface area contributed by atoms with E-state index in [1.165, 1.54) is 0 Å². The molecule has 6 heteroatoms. The molecule has 0 spiro atoms. The number of hydrogen-bond acceptors (Lipinski definition) is 5. The largest absolute Gasteiger partial charge is 0.487 e. The van der Waals surface area contributed by atoms with E-state index in [4.69, 9.17) is 4.74 Å². The minimum atomic E-state index is -0.678. The van der Waals surface area contributed by atoms with Crippen molar-refractivity contribution in [3.8, 4) is 5.75 Å². The smallest absolute Gasteiger partial charge is 0.333 e. The van der Waals surface area contributed by atoms with Gasteiger partial charge in [0.1, 0.15) is 5.69 Å². The average Bonchev–Trinajstić information content (AvgIpc) is 2.38. The molecule has 0 unspecified atom stereocenters. The van der Waals surface area contributed by atoms with Gasteiger partial charge >= 0.3 is 5.69 Å². The molecule has 110 valence electrons. The molecule has 0 amide bonds. The second-order valence-electron chi connectivity index (χ2n) is 5.30. The van der Waals surface area contributed by atoms with E-state index in [9.17, 15) is 15.2 Å². The highest BCUT2D eigenvalue weighted by molar-refractivity contribution is 5.70. The lowest BCUT2D eigenvalue weighted by atomic mass is 9.93. The molecule has 0 radical (unpaired) electrons. The number of ether oxygens (including phenoxy) is 1. The first kappa shape index (κ1) is 14.6. The van der Waals surface area contributed by atoms with Crippen molar-refractivity contribution < 1.29 is 14.8 Å². The van der Waals surface area contributed by atoms with E-state index in [1.807, 2.05) is 4.90 Å². The Hall–Kier alpha value is -1.82. The fourth-order valence-corrected chi connectivity index (χ4v) is 2.45. The van der Waals surface area contributed by atoms with Gasteiger partial charge in [0.2, 0.25) is 0 Å². The topological polar surface area (TPSA) is 75.8 Å². The maximum absolute atomic E-state index is 11.3. The number of anilines is 1. The van der Waals surface area contributed by atoms with Crippen LogP contribution in [0.5, 0.6) is 5.75 Å². The molecule has 1 aliphatic heterocycles. The maximum Gasteiger partial charge on any atom is 0.333 e. The summed E-state index contributed by atoms with van der Waals surface area (Å²) < 4.78 is 5.35. The molecule has 1 fully saturated rings. The summed E-state index contributed by atoms with van der Waals surface area (Å²) in [5.74, 6) is 0.298. The number of hydrogen-bond donors (Lipinski definition) is 1. The minimum Gasteiger partial charge on any atom is -0.487 e. The molecule has 2 rings (SSSR count). The summed E-state index contributed by atoms with van der Waals surface area (Å²) in [7, 11) is 0. The van der Waals surface area contributed by atoms with Gasteiger partial charge in [-0.25, -0.2) is 0 Å². The van der Waals surface area contributed by atoms with Crippen LogP contribution in [0.15, 0.2) is 18.2 Å². The highest BCUT2D eigenvalue weighted by Gasteiger charge is 2.31. The normalized spacial score (nSPS) is 17.9. The Morgan fingerprint density at radius 2 is 2.10 bits per heavy atom. The van der Waals surface area contributed by atoms with E-state index in [-0.39, 0.29) is 5.69 Å². The van der Waals surface area contributed by atoms with E-state index < -0.39 is 10.5 Å². The summed E-state index contributed by atoms with van der Waals surface area (Å²) in [6.45, 7) is 5.19. The summed E-state index contributed by atoms with van der Waals surface area (Å²) in [4.78, 5) is 12.9. The summed E-state index contributed by atoms with van der Waals surface area (Å²) in [6.07, 6.45) is 1.20. The minimum absolute atomic E-state index is 0.0101. The van der Waals surface area contributed by atoms with E-state index in [1.54, 1.807) is 32.0 Å². The van der Waals surface area contributed by atoms with Gasteiger partial charge in [0, 0.05) is 13.1 Å². The number of nitro benzene ring substituents is 1. The van der Waals surface area contributed by atoms with E-state index >= 15 is 0 Å². The molecule has 6 nitrogen and oxygen atoms in total. The van der Waals surface area contributed by atoms with Crippen molar-refractivity contribution in [2.45, 2.75) is 32.3 Å². The molecular formula is C14H20N2O4. The molecule has 1 heterocycles. The van der Waals surface area contributed by atoms with Crippen LogP contribution in [-0.4, -0.2) is 35.3 Å². The second kappa shape index (κ2) is 5.66. The summed E-state index contributed by atoms with van der Waals surface area (Å²) >= 11 is 0. The number of nitro groups is 1. The first-order chi connectivity index (χ1) is 9.44. The number of piperidine rings is 1. The Morgan fingerprint density at radius 1 is 1.45 bits per heavy atom. The van der Waals surface area contributed by atoms with Crippen LogP contribution in [0.3, 0.4) is 0 Å². The second-order valence-corrected chi connectivity index (χ2v) is 5.30. The zero-order valence-corrected chi connectivity index (χ0v) is 11.8. The standard InChI is InChI=1S/C14H20N2O4/c1-3-20-12-6-4-5-11(13(12)16(18)19)15-9-7-14(2,17)8-10-15/h4-6,17H,3,7-10H2,1-2H3. The fourth-order valence-electron chi connectivity index (χ4n) is 2.45. The number of aliphatic hydroxyl groups is 1. The fraction of sp³-hybridized carbons (Fsp3) is 0.571. The first-order valence-electron chi connectivity index (χ1n) is 6.82. The Labute approximate surface area is 118 Å². The van der Waals surface area contributed by atoms with Crippen LogP contribution in [-0.2, 0) is 0 Å². The number of benzene rings is 1. The predicted octanol–water partition coefficient (Wildman–Crippen LogP) is 2.34. The zero-order chi connectivity index (χ0) is 14.8. The molecule has 0 aliphatic carbocycles. The molecule has 0 atom stereocenters. The molecule has 0 aromatic heterocycles. The molecule has 0 bridgehead atoms. The molecular weight excluding hydrogens is 260 g/mol. The Kier molecular flexibility index (Phi) is 4.13. The highest BCUT2D eigenvalue weighted by atomic mass is 16.6. The molecule has 1 aromatic rings. The third-order valence-electron chi connectivity index (χ3n) is 3.64. The Balaban J connectivity index is 2.32. The van der Waals surface area contributed by atoms with Gasteiger partial charge in [-0.2, -0.15) is 0 Å². The summed E-state index contributed by atoms with van der Waals surface area (Å²) in [5, 5.41) is 21.3. The van der Waals surface area contributed by atoms with E-state index in [2.05, 4.69) is 0 Å². The lowest BCUT2D eigenvalue weighted by Gasteiger charge is -2.36. The number of para-hydroxylation sites is 1. The lowest BCUT2D eigenvalue weighted by molar-refractivity contribution is -0.385. The van der Waals surface area contributed by atoms with Gasteiger partial charge < -0.3 is 14.7 Å². The van der Waals surface area contributed by atoms with Crippen molar-refractivity contribution in [1.29, 1.82) is 0 Å². The quantitative estimate of drug-likeness (QED) is 0.676. The van der Waals surface area contributed by atoms with Crippen LogP contribution in [0.2, 0.25) is 0 Å².